The molecular weight excluding hydrogens is 368 g/mol. The first-order valence-electron chi connectivity index (χ1n) is 8.35. The number of aryl methyl sites for hydroxylation is 2. The smallest absolute Gasteiger partial charge is 0.348 e. The zero-order valence-corrected chi connectivity index (χ0v) is 15.8. The lowest BCUT2D eigenvalue weighted by atomic mass is 9.91. The number of ether oxygens (including phenoxy) is 2. The minimum absolute atomic E-state index is 0.242. The summed E-state index contributed by atoms with van der Waals surface area (Å²) in [4.78, 5) is 14.3. The number of rotatable bonds is 4. The lowest BCUT2D eigenvalue weighted by Crippen LogP contribution is -2.03. The third-order valence-electron chi connectivity index (χ3n) is 4.51. The minimum atomic E-state index is -0.283. The number of carbonyl (C=O) groups excluding carboxylic acids is 1. The Kier molecular flexibility index (Phi) is 4.70. The van der Waals surface area contributed by atoms with Crippen LogP contribution in [0.25, 0.3) is 10.4 Å². The zero-order chi connectivity index (χ0) is 18.1. The Bertz CT molecular complexity index is 960. The number of hydrogen-bond donors (Lipinski definition) is 0. The Morgan fingerprint density at radius 3 is 2.62 bits per heavy atom. The predicted molar refractivity (Wildman–Crippen MR) is 104 cm³/mol. The Morgan fingerprint density at radius 1 is 1.08 bits per heavy atom. The summed E-state index contributed by atoms with van der Waals surface area (Å²) < 4.78 is 10.8. The van der Waals surface area contributed by atoms with Crippen molar-refractivity contribution in [1.82, 2.24) is 0 Å². The molecule has 1 aromatic heterocycles. The summed E-state index contributed by atoms with van der Waals surface area (Å²) in [5.41, 5.74) is 4.58. The fourth-order valence-corrected chi connectivity index (χ4v) is 4.43. The SMILES string of the molecule is COc1ccc2c(c1)CCc1cc(C(=O)OCc3ccc(Cl)cc3)sc1-2. The van der Waals surface area contributed by atoms with E-state index in [4.69, 9.17) is 21.1 Å². The summed E-state index contributed by atoms with van der Waals surface area (Å²) in [6.07, 6.45) is 1.88. The van der Waals surface area contributed by atoms with Gasteiger partial charge in [-0.25, -0.2) is 4.79 Å². The fraction of sp³-hybridized carbons (Fsp3) is 0.190. The summed E-state index contributed by atoms with van der Waals surface area (Å²) in [7, 11) is 1.68. The molecule has 0 saturated carbocycles. The van der Waals surface area contributed by atoms with Crippen LogP contribution >= 0.6 is 22.9 Å². The Labute approximate surface area is 161 Å². The van der Waals surface area contributed by atoms with Gasteiger partial charge in [-0.2, -0.15) is 0 Å². The maximum atomic E-state index is 12.5. The average Bonchev–Trinajstić information content (AvgIpc) is 3.11. The molecule has 0 atom stereocenters. The van der Waals surface area contributed by atoms with E-state index in [1.807, 2.05) is 24.3 Å². The largest absolute Gasteiger partial charge is 0.497 e. The molecule has 3 nitrogen and oxygen atoms in total. The van der Waals surface area contributed by atoms with E-state index in [2.05, 4.69) is 12.1 Å². The van der Waals surface area contributed by atoms with Crippen LogP contribution in [0.5, 0.6) is 5.75 Å². The monoisotopic (exact) mass is 384 g/mol. The minimum Gasteiger partial charge on any atom is -0.497 e. The molecule has 0 amide bonds. The van der Waals surface area contributed by atoms with E-state index >= 15 is 0 Å². The van der Waals surface area contributed by atoms with Crippen molar-refractivity contribution in [2.45, 2.75) is 19.4 Å². The number of esters is 1. The van der Waals surface area contributed by atoms with E-state index in [0.29, 0.717) is 9.90 Å². The lowest BCUT2D eigenvalue weighted by Gasteiger charge is -2.16. The van der Waals surface area contributed by atoms with Crippen molar-refractivity contribution >= 4 is 28.9 Å². The summed E-state index contributed by atoms with van der Waals surface area (Å²) in [5.74, 6) is 0.584. The van der Waals surface area contributed by atoms with Crippen molar-refractivity contribution in [2.24, 2.45) is 0 Å². The molecule has 1 heterocycles. The van der Waals surface area contributed by atoms with Gasteiger partial charge in [0.05, 0.1) is 7.11 Å². The maximum Gasteiger partial charge on any atom is 0.348 e. The molecule has 0 aliphatic heterocycles. The van der Waals surface area contributed by atoms with E-state index in [0.717, 1.165) is 29.0 Å². The number of hydrogen-bond acceptors (Lipinski definition) is 4. The van der Waals surface area contributed by atoms with Gasteiger partial charge in [-0.3, -0.25) is 0 Å². The lowest BCUT2D eigenvalue weighted by molar-refractivity contribution is 0.0478. The summed E-state index contributed by atoms with van der Waals surface area (Å²) >= 11 is 7.38. The highest BCUT2D eigenvalue weighted by atomic mass is 35.5. The second kappa shape index (κ2) is 7.14. The van der Waals surface area contributed by atoms with Crippen molar-refractivity contribution < 1.29 is 14.3 Å². The molecule has 5 heteroatoms. The van der Waals surface area contributed by atoms with Crippen LogP contribution in [-0.2, 0) is 24.2 Å². The van der Waals surface area contributed by atoms with Gasteiger partial charge >= 0.3 is 5.97 Å². The van der Waals surface area contributed by atoms with E-state index in [1.165, 1.54) is 28.0 Å². The quantitative estimate of drug-likeness (QED) is 0.554. The summed E-state index contributed by atoms with van der Waals surface area (Å²) in [5, 5.41) is 0.668. The van der Waals surface area contributed by atoms with Crippen molar-refractivity contribution in [3.05, 3.63) is 75.1 Å². The van der Waals surface area contributed by atoms with Crippen LogP contribution < -0.4 is 4.74 Å². The summed E-state index contributed by atoms with van der Waals surface area (Å²) in [6.45, 7) is 0.242. The molecule has 1 aliphatic carbocycles. The molecule has 4 rings (SSSR count). The molecule has 0 spiro atoms. The highest BCUT2D eigenvalue weighted by Gasteiger charge is 2.22. The molecule has 0 saturated heterocycles. The normalized spacial score (nSPS) is 12.2. The highest BCUT2D eigenvalue weighted by Crippen LogP contribution is 2.41. The van der Waals surface area contributed by atoms with Gasteiger partial charge in [0.15, 0.2) is 0 Å². The van der Waals surface area contributed by atoms with E-state index in [-0.39, 0.29) is 12.6 Å². The Morgan fingerprint density at radius 2 is 1.85 bits per heavy atom. The van der Waals surface area contributed by atoms with Crippen LogP contribution in [0.15, 0.2) is 48.5 Å². The second-order valence-corrected chi connectivity index (χ2v) is 7.68. The van der Waals surface area contributed by atoms with Crippen molar-refractivity contribution in [3.63, 3.8) is 0 Å². The molecule has 0 radical (unpaired) electrons. The third kappa shape index (κ3) is 3.35. The van der Waals surface area contributed by atoms with Crippen LogP contribution in [0.1, 0.15) is 26.4 Å². The van der Waals surface area contributed by atoms with Gasteiger partial charge < -0.3 is 9.47 Å². The molecule has 1 aliphatic rings. The van der Waals surface area contributed by atoms with Gasteiger partial charge in [-0.1, -0.05) is 23.7 Å². The number of fused-ring (bicyclic) bond motifs is 3. The second-order valence-electron chi connectivity index (χ2n) is 6.19. The fourth-order valence-electron chi connectivity index (χ4n) is 3.14. The number of methoxy groups -OCH3 is 1. The van der Waals surface area contributed by atoms with Crippen molar-refractivity contribution in [3.8, 4) is 16.2 Å². The predicted octanol–water partition coefficient (Wildman–Crippen LogP) is 5.53. The molecule has 26 heavy (non-hydrogen) atoms. The van der Waals surface area contributed by atoms with Gasteiger partial charge in [0.1, 0.15) is 17.2 Å². The first kappa shape index (κ1) is 17.1. The molecule has 132 valence electrons. The van der Waals surface area contributed by atoms with E-state index in [1.54, 1.807) is 19.2 Å². The molecule has 0 fully saturated rings. The average molecular weight is 385 g/mol. The zero-order valence-electron chi connectivity index (χ0n) is 14.3. The van der Waals surface area contributed by atoms with E-state index in [9.17, 15) is 4.79 Å². The number of carbonyl (C=O) groups is 1. The topological polar surface area (TPSA) is 35.5 Å². The van der Waals surface area contributed by atoms with Gasteiger partial charge in [0.2, 0.25) is 0 Å². The number of halogens is 1. The summed E-state index contributed by atoms with van der Waals surface area (Å²) in [6, 6.07) is 15.4. The molecule has 0 N–H and O–H groups in total. The van der Waals surface area contributed by atoms with Gasteiger partial charge in [-0.15, -0.1) is 11.3 Å². The third-order valence-corrected chi connectivity index (χ3v) is 5.96. The molecule has 0 unspecified atom stereocenters. The van der Waals surface area contributed by atoms with Crippen molar-refractivity contribution in [2.75, 3.05) is 7.11 Å². The van der Waals surface area contributed by atoms with Gasteiger partial charge in [0, 0.05) is 9.90 Å². The standard InChI is InChI=1S/C21H17ClO3S/c1-24-17-8-9-18-14(10-17)4-5-15-11-19(26-20(15)18)21(23)25-12-13-2-6-16(22)7-3-13/h2-3,6-11H,4-5,12H2,1H3. The van der Waals surface area contributed by atoms with Crippen LogP contribution in [0.2, 0.25) is 5.02 Å². The van der Waals surface area contributed by atoms with Crippen LogP contribution in [-0.4, -0.2) is 13.1 Å². The molecule has 2 aromatic carbocycles. The number of benzene rings is 2. The molecule has 3 aromatic rings. The molecular formula is C21H17ClO3S. The maximum absolute atomic E-state index is 12.5. The van der Waals surface area contributed by atoms with Crippen LogP contribution in [0.4, 0.5) is 0 Å². The Balaban J connectivity index is 1.53. The van der Waals surface area contributed by atoms with Crippen molar-refractivity contribution in [1.29, 1.82) is 0 Å². The van der Waals surface area contributed by atoms with Gasteiger partial charge in [0.25, 0.3) is 0 Å². The van der Waals surface area contributed by atoms with Crippen LogP contribution in [0, 0.1) is 0 Å². The number of thiophene rings is 1. The van der Waals surface area contributed by atoms with E-state index < -0.39 is 0 Å². The first-order chi connectivity index (χ1) is 12.6. The highest BCUT2D eigenvalue weighted by molar-refractivity contribution is 7.17. The van der Waals surface area contributed by atoms with Gasteiger partial charge in [-0.05, 0) is 71.5 Å². The van der Waals surface area contributed by atoms with Crippen LogP contribution in [0.3, 0.4) is 0 Å². The molecule has 0 bridgehead atoms. The first-order valence-corrected chi connectivity index (χ1v) is 9.55. The Hall–Kier alpha value is -2.30.